The molecular formula is C18H19IN6O. The number of phenols is 1. The number of hydrogen-bond acceptors (Lipinski definition) is 6. The highest BCUT2D eigenvalue weighted by Gasteiger charge is 2.47. The van der Waals surface area contributed by atoms with Gasteiger partial charge in [0.2, 0.25) is 5.95 Å². The highest BCUT2D eigenvalue weighted by Crippen LogP contribution is 2.52. The summed E-state index contributed by atoms with van der Waals surface area (Å²) in [6.45, 7) is 1.76. The van der Waals surface area contributed by atoms with E-state index in [2.05, 4.69) is 48.7 Å². The molecule has 3 aromatic rings. The van der Waals surface area contributed by atoms with Gasteiger partial charge in [0.25, 0.3) is 0 Å². The van der Waals surface area contributed by atoms with Crippen LogP contribution in [0.25, 0.3) is 5.65 Å². The Morgan fingerprint density at radius 2 is 2.08 bits per heavy atom. The Kier molecular flexibility index (Phi) is 3.61. The molecule has 0 bridgehead atoms. The zero-order valence-electron chi connectivity index (χ0n) is 14.1. The molecule has 3 heterocycles. The molecule has 1 atom stereocenters. The molecule has 1 aromatic carbocycles. The molecule has 1 fully saturated rings. The molecule has 3 N–H and O–H groups in total. The standard InChI is InChI=1S/C18H19IN6O/c19-13-9-21-17(25-10-22-23-16(13)25)24-6-4-18(5-7-24)8-12-11(15(18)20)2-1-3-14(12)26/h1-3,9-10,15,26H,4-8,20H2/t15-/m1/s1. The summed E-state index contributed by atoms with van der Waals surface area (Å²) in [5.74, 6) is 1.26. The molecule has 1 spiro atoms. The zero-order valence-corrected chi connectivity index (χ0v) is 16.3. The Morgan fingerprint density at radius 3 is 2.85 bits per heavy atom. The molecule has 134 valence electrons. The molecule has 26 heavy (non-hydrogen) atoms. The molecule has 5 rings (SSSR count). The van der Waals surface area contributed by atoms with Crippen molar-refractivity contribution in [1.29, 1.82) is 0 Å². The van der Waals surface area contributed by atoms with Crippen LogP contribution < -0.4 is 10.6 Å². The Hall–Kier alpha value is -1.94. The van der Waals surface area contributed by atoms with E-state index in [0.717, 1.165) is 58.6 Å². The van der Waals surface area contributed by atoms with Crippen LogP contribution in [0.4, 0.5) is 5.95 Å². The monoisotopic (exact) mass is 462 g/mol. The van der Waals surface area contributed by atoms with Crippen molar-refractivity contribution in [3.8, 4) is 5.75 Å². The van der Waals surface area contributed by atoms with E-state index in [9.17, 15) is 5.11 Å². The second-order valence-corrected chi connectivity index (χ2v) is 8.44. The lowest BCUT2D eigenvalue weighted by molar-refractivity contribution is 0.186. The van der Waals surface area contributed by atoms with Gasteiger partial charge >= 0.3 is 0 Å². The number of aromatic hydroxyl groups is 1. The van der Waals surface area contributed by atoms with Crippen LogP contribution in [0.15, 0.2) is 30.7 Å². The first-order valence-electron chi connectivity index (χ1n) is 8.75. The van der Waals surface area contributed by atoms with Gasteiger partial charge in [0.05, 0.1) is 3.57 Å². The number of piperidine rings is 1. The van der Waals surface area contributed by atoms with E-state index in [4.69, 9.17) is 5.73 Å². The van der Waals surface area contributed by atoms with E-state index in [0.29, 0.717) is 5.75 Å². The van der Waals surface area contributed by atoms with Gasteiger partial charge in [0.15, 0.2) is 5.65 Å². The normalized spacial score (nSPS) is 21.5. The van der Waals surface area contributed by atoms with Crippen molar-refractivity contribution in [2.24, 2.45) is 11.1 Å². The number of halogens is 1. The smallest absolute Gasteiger partial charge is 0.212 e. The van der Waals surface area contributed by atoms with E-state index in [1.54, 1.807) is 12.4 Å². The SMILES string of the molecule is N[C@@H]1c2cccc(O)c2CC12CCN(c1ncc(I)c3nncn13)CC2. The molecule has 1 saturated heterocycles. The Balaban J connectivity index is 1.43. The second-order valence-electron chi connectivity index (χ2n) is 7.28. The number of hydrogen-bond donors (Lipinski definition) is 2. The number of phenolic OH excluding ortho intramolecular Hbond substituents is 1. The Labute approximate surface area is 164 Å². The van der Waals surface area contributed by atoms with Crippen molar-refractivity contribution in [1.82, 2.24) is 19.6 Å². The fraction of sp³-hybridized carbons (Fsp3) is 0.389. The first kappa shape index (κ1) is 16.2. The number of nitrogens with two attached hydrogens (primary N) is 1. The van der Waals surface area contributed by atoms with Crippen LogP contribution in [0.2, 0.25) is 0 Å². The minimum Gasteiger partial charge on any atom is -0.508 e. The van der Waals surface area contributed by atoms with E-state index < -0.39 is 0 Å². The van der Waals surface area contributed by atoms with Crippen molar-refractivity contribution in [3.63, 3.8) is 0 Å². The van der Waals surface area contributed by atoms with Crippen molar-refractivity contribution in [2.45, 2.75) is 25.3 Å². The van der Waals surface area contributed by atoms with Gasteiger partial charge in [-0.3, -0.25) is 4.40 Å². The van der Waals surface area contributed by atoms with E-state index in [1.807, 2.05) is 16.7 Å². The Bertz CT molecular complexity index is 995. The van der Waals surface area contributed by atoms with Crippen LogP contribution in [0.1, 0.15) is 30.0 Å². The lowest BCUT2D eigenvalue weighted by atomic mass is 9.73. The van der Waals surface area contributed by atoms with Crippen LogP contribution in [-0.2, 0) is 6.42 Å². The predicted molar refractivity (Wildman–Crippen MR) is 106 cm³/mol. The molecule has 0 amide bonds. The van der Waals surface area contributed by atoms with Crippen molar-refractivity contribution >= 4 is 34.2 Å². The zero-order chi connectivity index (χ0) is 17.9. The van der Waals surface area contributed by atoms with Crippen LogP contribution in [0.3, 0.4) is 0 Å². The number of aromatic nitrogens is 4. The van der Waals surface area contributed by atoms with Gasteiger partial charge in [-0.25, -0.2) is 4.98 Å². The molecule has 0 unspecified atom stereocenters. The summed E-state index contributed by atoms with van der Waals surface area (Å²) in [5.41, 5.74) is 9.62. The summed E-state index contributed by atoms with van der Waals surface area (Å²) >= 11 is 2.23. The number of rotatable bonds is 1. The summed E-state index contributed by atoms with van der Waals surface area (Å²) in [7, 11) is 0. The van der Waals surface area contributed by atoms with Crippen molar-refractivity contribution in [3.05, 3.63) is 45.4 Å². The molecule has 1 aliphatic carbocycles. The molecular weight excluding hydrogens is 443 g/mol. The van der Waals surface area contributed by atoms with Gasteiger partial charge in [-0.2, -0.15) is 0 Å². The summed E-state index contributed by atoms with van der Waals surface area (Å²) < 4.78 is 2.94. The molecule has 1 aliphatic heterocycles. The van der Waals surface area contributed by atoms with Crippen molar-refractivity contribution in [2.75, 3.05) is 18.0 Å². The molecule has 8 heteroatoms. The number of fused-ring (bicyclic) bond motifs is 2. The maximum absolute atomic E-state index is 10.2. The number of benzene rings is 1. The number of nitrogens with zero attached hydrogens (tertiary/aromatic N) is 5. The van der Waals surface area contributed by atoms with E-state index in [1.165, 1.54) is 0 Å². The predicted octanol–water partition coefficient (Wildman–Crippen LogP) is 2.28. The van der Waals surface area contributed by atoms with Crippen LogP contribution in [0, 0.1) is 8.99 Å². The van der Waals surface area contributed by atoms with Gasteiger partial charge in [0.1, 0.15) is 12.1 Å². The van der Waals surface area contributed by atoms with Gasteiger partial charge in [-0.05, 0) is 64.5 Å². The van der Waals surface area contributed by atoms with Gasteiger partial charge in [-0.1, -0.05) is 12.1 Å². The molecule has 0 saturated carbocycles. The number of anilines is 1. The average Bonchev–Trinajstić information content (AvgIpc) is 3.24. The van der Waals surface area contributed by atoms with Gasteiger partial charge in [-0.15, -0.1) is 10.2 Å². The van der Waals surface area contributed by atoms with Crippen LogP contribution >= 0.6 is 22.6 Å². The minimum atomic E-state index is -0.0219. The Morgan fingerprint density at radius 1 is 1.27 bits per heavy atom. The molecule has 0 radical (unpaired) electrons. The van der Waals surface area contributed by atoms with Crippen LogP contribution in [-0.4, -0.2) is 37.8 Å². The summed E-state index contributed by atoms with van der Waals surface area (Å²) in [6.07, 6.45) is 6.37. The maximum atomic E-state index is 10.2. The van der Waals surface area contributed by atoms with E-state index in [-0.39, 0.29) is 11.5 Å². The third-order valence-electron chi connectivity index (χ3n) is 6.02. The molecule has 2 aliphatic rings. The van der Waals surface area contributed by atoms with Gasteiger partial charge < -0.3 is 15.7 Å². The highest BCUT2D eigenvalue weighted by molar-refractivity contribution is 14.1. The van der Waals surface area contributed by atoms with Crippen molar-refractivity contribution < 1.29 is 5.11 Å². The first-order valence-corrected chi connectivity index (χ1v) is 9.82. The van der Waals surface area contributed by atoms with Gasteiger partial charge in [0, 0.05) is 25.3 Å². The maximum Gasteiger partial charge on any atom is 0.212 e. The second kappa shape index (κ2) is 5.78. The third kappa shape index (κ3) is 2.24. The average molecular weight is 462 g/mol. The molecule has 2 aromatic heterocycles. The lowest BCUT2D eigenvalue weighted by Crippen LogP contribution is -2.45. The largest absolute Gasteiger partial charge is 0.508 e. The highest BCUT2D eigenvalue weighted by atomic mass is 127. The topological polar surface area (TPSA) is 92.6 Å². The fourth-order valence-corrected chi connectivity index (χ4v) is 5.03. The molecule has 7 nitrogen and oxygen atoms in total. The fourth-order valence-electron chi connectivity index (χ4n) is 4.52. The minimum absolute atomic E-state index is 0.0210. The lowest BCUT2D eigenvalue weighted by Gasteiger charge is -2.42. The van der Waals surface area contributed by atoms with Crippen LogP contribution in [0.5, 0.6) is 5.75 Å². The first-order chi connectivity index (χ1) is 12.6. The summed E-state index contributed by atoms with van der Waals surface area (Å²) in [6, 6.07) is 5.69. The quantitative estimate of drug-likeness (QED) is 0.540. The third-order valence-corrected chi connectivity index (χ3v) is 6.78. The summed E-state index contributed by atoms with van der Waals surface area (Å²) in [4.78, 5) is 6.91. The summed E-state index contributed by atoms with van der Waals surface area (Å²) in [5, 5.41) is 18.4. The van der Waals surface area contributed by atoms with E-state index >= 15 is 0 Å².